The van der Waals surface area contributed by atoms with E-state index in [1.807, 2.05) is 25.1 Å². The highest BCUT2D eigenvalue weighted by molar-refractivity contribution is 5.81. The lowest BCUT2D eigenvalue weighted by atomic mass is 10.1. The second-order valence-corrected chi connectivity index (χ2v) is 4.70. The molecule has 1 aromatic carbocycles. The molecule has 2 rings (SSSR count). The third-order valence-electron chi connectivity index (χ3n) is 2.99. The van der Waals surface area contributed by atoms with Gasteiger partial charge in [0.15, 0.2) is 0 Å². The summed E-state index contributed by atoms with van der Waals surface area (Å²) in [4.78, 5) is 11.7. The molecule has 0 spiro atoms. The normalized spacial score (nSPS) is 15.8. The second-order valence-electron chi connectivity index (χ2n) is 4.70. The quantitative estimate of drug-likeness (QED) is 0.819. The van der Waals surface area contributed by atoms with Crippen LogP contribution in [-0.4, -0.2) is 18.0 Å². The van der Waals surface area contributed by atoms with Crippen LogP contribution in [0.1, 0.15) is 30.9 Å². The van der Waals surface area contributed by atoms with E-state index >= 15 is 0 Å². The summed E-state index contributed by atoms with van der Waals surface area (Å²) in [5.41, 5.74) is 1.66. The molecule has 1 aromatic rings. The highest BCUT2D eigenvalue weighted by Crippen LogP contribution is 2.18. The molecule has 0 bridgehead atoms. The average Bonchev–Trinajstić information content (AvgIpc) is 3.20. The van der Waals surface area contributed by atoms with Crippen LogP contribution in [0.15, 0.2) is 24.3 Å². The molecule has 4 heteroatoms. The van der Waals surface area contributed by atoms with Crippen molar-refractivity contribution in [1.82, 2.24) is 10.6 Å². The topological polar surface area (TPSA) is 64.9 Å². The smallest absolute Gasteiger partial charge is 0.237 e. The van der Waals surface area contributed by atoms with Crippen molar-refractivity contribution < 1.29 is 4.79 Å². The summed E-state index contributed by atoms with van der Waals surface area (Å²) in [6.45, 7) is 2.45. The molecule has 1 saturated carbocycles. The lowest BCUT2D eigenvalue weighted by molar-refractivity contribution is -0.122. The number of nitriles is 1. The lowest BCUT2D eigenvalue weighted by Gasteiger charge is -2.13. The second kappa shape index (κ2) is 5.65. The van der Waals surface area contributed by atoms with Gasteiger partial charge in [-0.15, -0.1) is 0 Å². The maximum absolute atomic E-state index is 11.7. The summed E-state index contributed by atoms with van der Waals surface area (Å²) >= 11 is 0. The largest absolute Gasteiger partial charge is 0.352 e. The lowest BCUT2D eigenvalue weighted by Crippen LogP contribution is -2.42. The van der Waals surface area contributed by atoms with Crippen LogP contribution in [0.4, 0.5) is 0 Å². The van der Waals surface area contributed by atoms with Gasteiger partial charge in [-0.1, -0.05) is 12.1 Å². The van der Waals surface area contributed by atoms with Gasteiger partial charge in [-0.3, -0.25) is 4.79 Å². The van der Waals surface area contributed by atoms with E-state index in [0.717, 1.165) is 18.4 Å². The monoisotopic (exact) mass is 243 g/mol. The standard InChI is InChI=1S/C14H17N3O/c1-10(14(18)17-13-5-6-13)16-9-12-4-2-3-11(7-12)8-15/h2-4,7,10,13,16H,5-6,9H2,1H3,(H,17,18). The van der Waals surface area contributed by atoms with Crippen LogP contribution in [-0.2, 0) is 11.3 Å². The zero-order valence-electron chi connectivity index (χ0n) is 10.4. The summed E-state index contributed by atoms with van der Waals surface area (Å²) in [7, 11) is 0. The van der Waals surface area contributed by atoms with Gasteiger partial charge in [0, 0.05) is 12.6 Å². The number of nitrogens with zero attached hydrogens (tertiary/aromatic N) is 1. The van der Waals surface area contributed by atoms with Crippen LogP contribution in [0.5, 0.6) is 0 Å². The number of carbonyl (C=O) groups excluding carboxylic acids is 1. The van der Waals surface area contributed by atoms with Crippen LogP contribution >= 0.6 is 0 Å². The molecule has 1 fully saturated rings. The summed E-state index contributed by atoms with van der Waals surface area (Å²) < 4.78 is 0. The fourth-order valence-corrected chi connectivity index (χ4v) is 1.67. The van der Waals surface area contributed by atoms with Crippen LogP contribution in [0.3, 0.4) is 0 Å². The Hall–Kier alpha value is -1.86. The van der Waals surface area contributed by atoms with Crippen molar-refractivity contribution >= 4 is 5.91 Å². The summed E-state index contributed by atoms with van der Waals surface area (Å²) in [6, 6.07) is 9.68. The molecule has 2 N–H and O–H groups in total. The van der Waals surface area contributed by atoms with Crippen LogP contribution in [0.2, 0.25) is 0 Å². The molecule has 18 heavy (non-hydrogen) atoms. The minimum Gasteiger partial charge on any atom is -0.352 e. The molecule has 0 aliphatic heterocycles. The third kappa shape index (κ3) is 3.57. The molecular formula is C14H17N3O. The van der Waals surface area contributed by atoms with Crippen molar-refractivity contribution in [3.05, 3.63) is 35.4 Å². The first-order valence-electron chi connectivity index (χ1n) is 6.22. The molecule has 0 heterocycles. The van der Waals surface area contributed by atoms with Gasteiger partial charge in [0.25, 0.3) is 0 Å². The number of amides is 1. The molecule has 94 valence electrons. The average molecular weight is 243 g/mol. The van der Waals surface area contributed by atoms with Crippen LogP contribution in [0.25, 0.3) is 0 Å². The van der Waals surface area contributed by atoms with Gasteiger partial charge in [-0.05, 0) is 37.5 Å². The fourth-order valence-electron chi connectivity index (χ4n) is 1.67. The van der Waals surface area contributed by atoms with Crippen molar-refractivity contribution in [3.8, 4) is 6.07 Å². The van der Waals surface area contributed by atoms with E-state index in [0.29, 0.717) is 18.2 Å². The van der Waals surface area contributed by atoms with Crippen molar-refractivity contribution in [3.63, 3.8) is 0 Å². The van der Waals surface area contributed by atoms with Crippen LogP contribution < -0.4 is 10.6 Å². The molecular weight excluding hydrogens is 226 g/mol. The van der Waals surface area contributed by atoms with Gasteiger partial charge >= 0.3 is 0 Å². The molecule has 0 radical (unpaired) electrons. The maximum atomic E-state index is 11.7. The molecule has 1 amide bonds. The zero-order valence-corrected chi connectivity index (χ0v) is 10.4. The maximum Gasteiger partial charge on any atom is 0.237 e. The van der Waals surface area contributed by atoms with Crippen molar-refractivity contribution in [2.24, 2.45) is 0 Å². The Labute approximate surface area is 107 Å². The summed E-state index contributed by atoms with van der Waals surface area (Å²) in [5, 5.41) is 14.9. The number of benzene rings is 1. The van der Waals surface area contributed by atoms with E-state index in [-0.39, 0.29) is 11.9 Å². The molecule has 4 nitrogen and oxygen atoms in total. The van der Waals surface area contributed by atoms with E-state index < -0.39 is 0 Å². The number of hydrogen-bond acceptors (Lipinski definition) is 3. The molecule has 0 aromatic heterocycles. The first-order chi connectivity index (χ1) is 8.69. The predicted molar refractivity (Wildman–Crippen MR) is 68.6 cm³/mol. The van der Waals surface area contributed by atoms with E-state index in [2.05, 4.69) is 16.7 Å². The van der Waals surface area contributed by atoms with E-state index in [1.54, 1.807) is 6.07 Å². The number of hydrogen-bond donors (Lipinski definition) is 2. The van der Waals surface area contributed by atoms with Crippen LogP contribution in [0, 0.1) is 11.3 Å². The number of nitrogens with one attached hydrogen (secondary N) is 2. The molecule has 1 aliphatic rings. The van der Waals surface area contributed by atoms with Gasteiger partial charge < -0.3 is 10.6 Å². The Morgan fingerprint density at radius 3 is 3.00 bits per heavy atom. The van der Waals surface area contributed by atoms with Crippen molar-refractivity contribution in [2.75, 3.05) is 0 Å². The van der Waals surface area contributed by atoms with Crippen molar-refractivity contribution in [2.45, 2.75) is 38.4 Å². The Kier molecular flexibility index (Phi) is 3.96. The minimum atomic E-state index is -0.212. The Morgan fingerprint density at radius 2 is 2.33 bits per heavy atom. The highest BCUT2D eigenvalue weighted by Gasteiger charge is 2.25. The van der Waals surface area contributed by atoms with Gasteiger partial charge in [0.2, 0.25) is 5.91 Å². The summed E-state index contributed by atoms with van der Waals surface area (Å²) in [6.07, 6.45) is 2.20. The molecule has 1 unspecified atom stereocenters. The van der Waals surface area contributed by atoms with E-state index in [4.69, 9.17) is 5.26 Å². The van der Waals surface area contributed by atoms with E-state index in [9.17, 15) is 4.79 Å². The Bertz CT molecular complexity index is 474. The minimum absolute atomic E-state index is 0.0499. The van der Waals surface area contributed by atoms with Crippen molar-refractivity contribution in [1.29, 1.82) is 5.26 Å². The van der Waals surface area contributed by atoms with Gasteiger partial charge in [0.05, 0.1) is 17.7 Å². The first-order valence-corrected chi connectivity index (χ1v) is 6.22. The van der Waals surface area contributed by atoms with Gasteiger partial charge in [-0.2, -0.15) is 5.26 Å². The number of rotatable bonds is 5. The van der Waals surface area contributed by atoms with Gasteiger partial charge in [0.1, 0.15) is 0 Å². The number of carbonyl (C=O) groups is 1. The molecule has 0 saturated heterocycles. The molecule has 1 atom stereocenters. The first kappa shape index (κ1) is 12.6. The van der Waals surface area contributed by atoms with Gasteiger partial charge in [-0.25, -0.2) is 0 Å². The van der Waals surface area contributed by atoms with E-state index in [1.165, 1.54) is 0 Å². The highest BCUT2D eigenvalue weighted by atomic mass is 16.2. The predicted octanol–water partition coefficient (Wildman–Crippen LogP) is 1.31. The molecule has 1 aliphatic carbocycles. The zero-order chi connectivity index (χ0) is 13.0. The Balaban J connectivity index is 1.82. The third-order valence-corrected chi connectivity index (χ3v) is 2.99. The fraction of sp³-hybridized carbons (Fsp3) is 0.429. The Morgan fingerprint density at radius 1 is 1.56 bits per heavy atom. The summed E-state index contributed by atoms with van der Waals surface area (Å²) in [5.74, 6) is 0.0499. The SMILES string of the molecule is CC(NCc1cccc(C#N)c1)C(=O)NC1CC1.